The van der Waals surface area contributed by atoms with Gasteiger partial charge in [-0.3, -0.25) is 9.69 Å². The number of methoxy groups -OCH3 is 3. The first-order valence-electron chi connectivity index (χ1n) is 11.5. The van der Waals surface area contributed by atoms with Gasteiger partial charge >= 0.3 is 0 Å². The molecule has 0 saturated carbocycles. The van der Waals surface area contributed by atoms with Crippen LogP contribution in [0.25, 0.3) is 0 Å². The van der Waals surface area contributed by atoms with Crippen LogP contribution in [0.4, 0.5) is 0 Å². The molecule has 0 saturated heterocycles. The number of para-hydroxylation sites is 1. The minimum Gasteiger partial charge on any atom is -0.497 e. The highest BCUT2D eigenvalue weighted by atomic mass is 16.5. The summed E-state index contributed by atoms with van der Waals surface area (Å²) in [4.78, 5) is 15.5. The van der Waals surface area contributed by atoms with E-state index >= 15 is 0 Å². The summed E-state index contributed by atoms with van der Waals surface area (Å²) in [5, 5.41) is 6.41. The van der Waals surface area contributed by atoms with Gasteiger partial charge in [-0.15, -0.1) is 0 Å². The van der Waals surface area contributed by atoms with Crippen LogP contribution in [0.15, 0.2) is 77.9 Å². The Bertz CT molecular complexity index is 1180. The summed E-state index contributed by atoms with van der Waals surface area (Å²) in [7, 11) is 6.79. The van der Waals surface area contributed by atoms with Crippen molar-refractivity contribution in [3.8, 4) is 17.2 Å². The van der Waals surface area contributed by atoms with Crippen molar-refractivity contribution >= 4 is 11.6 Å². The average Bonchev–Trinajstić information content (AvgIpc) is 3.35. The fraction of sp³-hybridized carbons (Fsp3) is 0.286. The number of rotatable bonds is 9. The van der Waals surface area contributed by atoms with Crippen molar-refractivity contribution < 1.29 is 19.0 Å². The first-order chi connectivity index (χ1) is 17.0. The molecule has 1 aliphatic heterocycles. The average molecular weight is 474 g/mol. The third-order valence-electron chi connectivity index (χ3n) is 6.10. The number of carbonyl (C=O) groups excluding carboxylic acids is 1. The highest BCUT2D eigenvalue weighted by Crippen LogP contribution is 2.34. The van der Waals surface area contributed by atoms with E-state index in [9.17, 15) is 4.79 Å². The van der Waals surface area contributed by atoms with Crippen molar-refractivity contribution in [2.24, 2.45) is 5.10 Å². The van der Waals surface area contributed by atoms with Crippen molar-refractivity contribution in [3.05, 3.63) is 89.5 Å². The lowest BCUT2D eigenvalue weighted by Crippen LogP contribution is -2.36. The summed E-state index contributed by atoms with van der Waals surface area (Å²) in [5.74, 6) is 2.05. The van der Waals surface area contributed by atoms with E-state index in [0.717, 1.165) is 28.2 Å². The van der Waals surface area contributed by atoms with Crippen molar-refractivity contribution in [2.75, 3.05) is 34.9 Å². The molecule has 0 radical (unpaired) electrons. The van der Waals surface area contributed by atoms with Gasteiger partial charge in [-0.05, 0) is 36.4 Å². The van der Waals surface area contributed by atoms with E-state index in [1.165, 1.54) is 0 Å². The van der Waals surface area contributed by atoms with Crippen LogP contribution in [0.3, 0.4) is 0 Å². The molecule has 0 fully saturated rings. The van der Waals surface area contributed by atoms with Crippen LogP contribution in [0.1, 0.15) is 29.2 Å². The first-order valence-corrected chi connectivity index (χ1v) is 11.5. The number of carbonyl (C=O) groups is 1. The van der Waals surface area contributed by atoms with Gasteiger partial charge in [-0.25, -0.2) is 5.01 Å². The molecule has 0 aliphatic carbocycles. The minimum absolute atomic E-state index is 0.0684. The molecule has 1 aliphatic rings. The molecule has 1 heterocycles. The number of hydrazone groups is 1. The van der Waals surface area contributed by atoms with E-state index in [0.29, 0.717) is 24.5 Å². The summed E-state index contributed by atoms with van der Waals surface area (Å²) in [6.07, 6.45) is 0.648. The Morgan fingerprint density at radius 3 is 2.34 bits per heavy atom. The summed E-state index contributed by atoms with van der Waals surface area (Å²) in [6.45, 7) is 0.737. The largest absolute Gasteiger partial charge is 0.497 e. The zero-order chi connectivity index (χ0) is 24.8. The first kappa shape index (κ1) is 24.3. The smallest absolute Gasteiger partial charge is 0.257 e. The second kappa shape index (κ2) is 11.1. The molecular formula is C28H31N3O4. The van der Waals surface area contributed by atoms with Gasteiger partial charge in [0.15, 0.2) is 11.5 Å². The minimum atomic E-state index is -0.177. The van der Waals surface area contributed by atoms with E-state index in [1.807, 2.05) is 84.7 Å². The predicted molar refractivity (Wildman–Crippen MR) is 136 cm³/mol. The van der Waals surface area contributed by atoms with Crippen LogP contribution in [-0.4, -0.2) is 56.4 Å². The highest BCUT2D eigenvalue weighted by Gasteiger charge is 2.33. The summed E-state index contributed by atoms with van der Waals surface area (Å²) >= 11 is 0. The van der Waals surface area contributed by atoms with E-state index < -0.39 is 0 Å². The van der Waals surface area contributed by atoms with Gasteiger partial charge in [0.2, 0.25) is 0 Å². The molecule has 1 atom stereocenters. The van der Waals surface area contributed by atoms with Gasteiger partial charge in [0, 0.05) is 18.5 Å². The molecule has 7 heteroatoms. The molecule has 0 unspecified atom stereocenters. The predicted octanol–water partition coefficient (Wildman–Crippen LogP) is 4.52. The molecule has 3 aromatic rings. The second-order valence-corrected chi connectivity index (χ2v) is 8.47. The maximum atomic E-state index is 13.5. The number of ether oxygens (including phenoxy) is 3. The Labute approximate surface area is 206 Å². The third-order valence-corrected chi connectivity index (χ3v) is 6.10. The van der Waals surface area contributed by atoms with Crippen molar-refractivity contribution in [3.63, 3.8) is 0 Å². The number of benzene rings is 3. The SMILES string of the molecule is COc1ccc([C@H]2CC(c3ccccc3)=NN2C(=O)CN(C)Cc2cccc(OC)c2OC)cc1. The van der Waals surface area contributed by atoms with E-state index in [4.69, 9.17) is 19.3 Å². The molecule has 4 rings (SSSR count). The fourth-order valence-corrected chi connectivity index (χ4v) is 4.36. The molecule has 0 bridgehead atoms. The Morgan fingerprint density at radius 2 is 1.69 bits per heavy atom. The molecular weight excluding hydrogens is 442 g/mol. The maximum Gasteiger partial charge on any atom is 0.257 e. The summed E-state index contributed by atoms with van der Waals surface area (Å²) in [5.41, 5.74) is 3.89. The zero-order valence-electron chi connectivity index (χ0n) is 20.6. The molecule has 0 N–H and O–H groups in total. The van der Waals surface area contributed by atoms with Crippen LogP contribution in [-0.2, 0) is 11.3 Å². The quantitative estimate of drug-likeness (QED) is 0.457. The van der Waals surface area contributed by atoms with E-state index in [1.54, 1.807) is 26.3 Å². The second-order valence-electron chi connectivity index (χ2n) is 8.47. The monoisotopic (exact) mass is 473 g/mol. The fourth-order valence-electron chi connectivity index (χ4n) is 4.36. The molecule has 0 spiro atoms. The molecule has 1 amide bonds. The number of hydrogen-bond acceptors (Lipinski definition) is 6. The van der Waals surface area contributed by atoms with Crippen molar-refractivity contribution in [2.45, 2.75) is 19.0 Å². The Kier molecular flexibility index (Phi) is 7.67. The van der Waals surface area contributed by atoms with Crippen LogP contribution in [0, 0.1) is 0 Å². The van der Waals surface area contributed by atoms with Crippen molar-refractivity contribution in [1.29, 1.82) is 0 Å². The van der Waals surface area contributed by atoms with E-state index in [-0.39, 0.29) is 18.5 Å². The van der Waals surface area contributed by atoms with Crippen LogP contribution in [0.2, 0.25) is 0 Å². The Balaban J connectivity index is 1.55. The highest BCUT2D eigenvalue weighted by molar-refractivity contribution is 6.03. The van der Waals surface area contributed by atoms with Gasteiger partial charge in [0.25, 0.3) is 5.91 Å². The summed E-state index contributed by atoms with van der Waals surface area (Å²) in [6, 6.07) is 23.4. The third kappa shape index (κ3) is 5.46. The number of nitrogens with zero attached hydrogens (tertiary/aromatic N) is 3. The maximum absolute atomic E-state index is 13.5. The Hall–Kier alpha value is -3.84. The molecule has 7 nitrogen and oxygen atoms in total. The molecule has 182 valence electrons. The van der Waals surface area contributed by atoms with Crippen molar-refractivity contribution in [1.82, 2.24) is 9.91 Å². The number of likely N-dealkylation sites (N-methyl/N-ethyl adjacent to an activating group) is 1. The zero-order valence-corrected chi connectivity index (χ0v) is 20.6. The van der Waals surface area contributed by atoms with Gasteiger partial charge in [-0.2, -0.15) is 5.10 Å². The molecule has 3 aromatic carbocycles. The number of amides is 1. The standard InChI is InChI=1S/C28H31N3O4/c1-30(18-22-11-8-12-26(34-3)28(22)35-4)19-27(32)31-25(21-13-15-23(33-2)16-14-21)17-24(29-31)20-9-6-5-7-10-20/h5-16,25H,17-19H2,1-4H3/t25-/m1/s1. The van der Waals surface area contributed by atoms with Gasteiger partial charge in [-0.1, -0.05) is 54.6 Å². The van der Waals surface area contributed by atoms with E-state index in [2.05, 4.69) is 0 Å². The van der Waals surface area contributed by atoms with Crippen LogP contribution < -0.4 is 14.2 Å². The molecule has 35 heavy (non-hydrogen) atoms. The topological polar surface area (TPSA) is 63.6 Å². The van der Waals surface area contributed by atoms with Gasteiger partial charge < -0.3 is 14.2 Å². The Morgan fingerprint density at radius 1 is 0.943 bits per heavy atom. The number of hydrogen-bond donors (Lipinski definition) is 0. The van der Waals surface area contributed by atoms with Gasteiger partial charge in [0.1, 0.15) is 5.75 Å². The summed E-state index contributed by atoms with van der Waals surface area (Å²) < 4.78 is 16.3. The van der Waals surface area contributed by atoms with Crippen LogP contribution in [0.5, 0.6) is 17.2 Å². The normalized spacial score (nSPS) is 15.2. The lowest BCUT2D eigenvalue weighted by Gasteiger charge is -2.25. The lowest BCUT2D eigenvalue weighted by molar-refractivity contribution is -0.134. The van der Waals surface area contributed by atoms with Crippen LogP contribution >= 0.6 is 0 Å². The van der Waals surface area contributed by atoms with Gasteiger partial charge in [0.05, 0.1) is 39.6 Å². The lowest BCUT2D eigenvalue weighted by atomic mass is 9.98. The molecule has 0 aromatic heterocycles.